The molecule has 1 N–H and O–H groups in total. The van der Waals surface area contributed by atoms with Crippen LogP contribution in [0.4, 0.5) is 0 Å². The zero-order valence-corrected chi connectivity index (χ0v) is 11.9. The highest BCUT2D eigenvalue weighted by atomic mass is 16.4. The van der Waals surface area contributed by atoms with Gasteiger partial charge in [0.15, 0.2) is 0 Å². The number of benzene rings is 1. The molecule has 0 saturated carbocycles. The third-order valence-electron chi connectivity index (χ3n) is 4.26. The number of fused-ring (bicyclic) bond motifs is 1. The van der Waals surface area contributed by atoms with E-state index in [1.807, 2.05) is 30.3 Å². The summed E-state index contributed by atoms with van der Waals surface area (Å²) < 4.78 is 0. The molecule has 2 aromatic rings. The molecular formula is C17H18N2O2. The Bertz CT molecular complexity index is 642. The maximum Gasteiger partial charge on any atom is 0.321 e. The standard InChI is InChI=1S/C17H18N2O2/c1-12(13-6-8-18-9-7-13)19-11-15-5-3-2-4-14(15)10-16(19)17(20)21/h2-9,12,16H,10-11H2,1H3,(H,20,21). The van der Waals surface area contributed by atoms with Gasteiger partial charge in [0, 0.05) is 25.0 Å². The number of carboxylic acids is 1. The van der Waals surface area contributed by atoms with Gasteiger partial charge in [-0.05, 0) is 42.2 Å². The van der Waals surface area contributed by atoms with Gasteiger partial charge in [-0.1, -0.05) is 24.3 Å². The fourth-order valence-electron chi connectivity index (χ4n) is 3.01. The van der Waals surface area contributed by atoms with Gasteiger partial charge in [-0.3, -0.25) is 14.7 Å². The molecule has 0 bridgehead atoms. The van der Waals surface area contributed by atoms with Gasteiger partial charge in [0.25, 0.3) is 0 Å². The maximum absolute atomic E-state index is 11.7. The normalized spacial score (nSPS) is 19.8. The van der Waals surface area contributed by atoms with Crippen molar-refractivity contribution >= 4 is 5.97 Å². The van der Waals surface area contributed by atoms with Gasteiger partial charge in [-0.2, -0.15) is 0 Å². The molecule has 4 heteroatoms. The summed E-state index contributed by atoms with van der Waals surface area (Å²) in [5.41, 5.74) is 3.45. The average molecular weight is 282 g/mol. The number of carboxylic acid groups (broad SMARTS) is 1. The van der Waals surface area contributed by atoms with Gasteiger partial charge in [-0.15, -0.1) is 0 Å². The maximum atomic E-state index is 11.7. The summed E-state index contributed by atoms with van der Waals surface area (Å²) in [6.45, 7) is 2.72. The van der Waals surface area contributed by atoms with E-state index in [1.165, 1.54) is 5.56 Å². The molecule has 2 unspecified atom stereocenters. The Balaban J connectivity index is 1.94. The van der Waals surface area contributed by atoms with Crippen molar-refractivity contribution in [2.75, 3.05) is 0 Å². The Morgan fingerprint density at radius 3 is 2.57 bits per heavy atom. The van der Waals surface area contributed by atoms with Crippen LogP contribution >= 0.6 is 0 Å². The van der Waals surface area contributed by atoms with E-state index in [0.29, 0.717) is 13.0 Å². The molecule has 0 amide bonds. The Kier molecular flexibility index (Phi) is 3.71. The lowest BCUT2D eigenvalue weighted by Gasteiger charge is -2.38. The third kappa shape index (κ3) is 2.67. The van der Waals surface area contributed by atoms with Crippen LogP contribution in [0.1, 0.15) is 29.7 Å². The Labute approximate surface area is 124 Å². The van der Waals surface area contributed by atoms with Gasteiger partial charge in [-0.25, -0.2) is 0 Å². The van der Waals surface area contributed by atoms with Gasteiger partial charge in [0.2, 0.25) is 0 Å². The van der Waals surface area contributed by atoms with E-state index in [4.69, 9.17) is 0 Å². The fourth-order valence-corrected chi connectivity index (χ4v) is 3.01. The van der Waals surface area contributed by atoms with E-state index in [-0.39, 0.29) is 6.04 Å². The highest BCUT2D eigenvalue weighted by molar-refractivity contribution is 5.74. The molecule has 1 aliphatic rings. The van der Waals surface area contributed by atoms with Gasteiger partial charge >= 0.3 is 5.97 Å². The van der Waals surface area contributed by atoms with E-state index >= 15 is 0 Å². The van der Waals surface area contributed by atoms with Crippen molar-refractivity contribution in [2.24, 2.45) is 0 Å². The van der Waals surface area contributed by atoms with Crippen LogP contribution in [0.2, 0.25) is 0 Å². The number of aromatic nitrogens is 1. The van der Waals surface area contributed by atoms with Crippen molar-refractivity contribution in [1.82, 2.24) is 9.88 Å². The molecule has 0 saturated heterocycles. The molecule has 0 fully saturated rings. The van der Waals surface area contributed by atoms with E-state index in [9.17, 15) is 9.90 Å². The van der Waals surface area contributed by atoms with Crippen molar-refractivity contribution in [3.63, 3.8) is 0 Å². The van der Waals surface area contributed by atoms with Crippen LogP contribution < -0.4 is 0 Å². The Morgan fingerprint density at radius 2 is 1.90 bits per heavy atom. The quantitative estimate of drug-likeness (QED) is 0.940. The molecule has 0 aliphatic carbocycles. The minimum Gasteiger partial charge on any atom is -0.480 e. The average Bonchev–Trinajstić information content (AvgIpc) is 2.53. The number of hydrogen-bond donors (Lipinski definition) is 1. The van der Waals surface area contributed by atoms with E-state index in [0.717, 1.165) is 11.1 Å². The lowest BCUT2D eigenvalue weighted by molar-refractivity contribution is -0.145. The number of rotatable bonds is 3. The van der Waals surface area contributed by atoms with Crippen LogP contribution in [0.15, 0.2) is 48.8 Å². The molecular weight excluding hydrogens is 264 g/mol. The zero-order valence-electron chi connectivity index (χ0n) is 11.9. The predicted molar refractivity (Wildman–Crippen MR) is 79.8 cm³/mol. The monoisotopic (exact) mass is 282 g/mol. The molecule has 21 heavy (non-hydrogen) atoms. The van der Waals surface area contributed by atoms with Gasteiger partial charge in [0.1, 0.15) is 6.04 Å². The first-order chi connectivity index (χ1) is 10.2. The summed E-state index contributed by atoms with van der Waals surface area (Å²) in [5.74, 6) is -0.759. The predicted octanol–water partition coefficient (Wildman–Crippen LogP) is 2.65. The van der Waals surface area contributed by atoms with Crippen LogP contribution in [-0.4, -0.2) is 27.0 Å². The molecule has 2 atom stereocenters. The molecule has 4 nitrogen and oxygen atoms in total. The van der Waals surface area contributed by atoms with E-state index in [2.05, 4.69) is 22.9 Å². The first-order valence-corrected chi connectivity index (χ1v) is 7.12. The third-order valence-corrected chi connectivity index (χ3v) is 4.26. The number of nitrogens with zero attached hydrogens (tertiary/aromatic N) is 2. The SMILES string of the molecule is CC(c1ccncc1)N1Cc2ccccc2CC1C(=O)O. The smallest absolute Gasteiger partial charge is 0.321 e. The first kappa shape index (κ1) is 13.8. The summed E-state index contributed by atoms with van der Waals surface area (Å²) in [6, 6.07) is 11.5. The van der Waals surface area contributed by atoms with Crippen LogP contribution in [0.25, 0.3) is 0 Å². The van der Waals surface area contributed by atoms with Crippen molar-refractivity contribution in [3.05, 3.63) is 65.5 Å². The lowest BCUT2D eigenvalue weighted by Crippen LogP contribution is -2.46. The molecule has 0 radical (unpaired) electrons. The Morgan fingerprint density at radius 1 is 1.24 bits per heavy atom. The molecule has 3 rings (SSSR count). The summed E-state index contributed by atoms with van der Waals surface area (Å²) in [7, 11) is 0. The van der Waals surface area contributed by atoms with Crippen LogP contribution in [0, 0.1) is 0 Å². The molecule has 1 aromatic carbocycles. The number of pyridine rings is 1. The topological polar surface area (TPSA) is 53.4 Å². The highest BCUT2D eigenvalue weighted by Crippen LogP contribution is 2.31. The van der Waals surface area contributed by atoms with Crippen molar-refractivity contribution < 1.29 is 9.90 Å². The first-order valence-electron chi connectivity index (χ1n) is 7.12. The summed E-state index contributed by atoms with van der Waals surface area (Å²) in [6.07, 6.45) is 4.06. The van der Waals surface area contributed by atoms with Crippen molar-refractivity contribution in [3.8, 4) is 0 Å². The lowest BCUT2D eigenvalue weighted by atomic mass is 9.91. The van der Waals surface area contributed by atoms with Crippen molar-refractivity contribution in [1.29, 1.82) is 0 Å². The minimum absolute atomic E-state index is 0.0439. The number of carbonyl (C=O) groups is 1. The largest absolute Gasteiger partial charge is 0.480 e. The zero-order chi connectivity index (χ0) is 14.8. The Hall–Kier alpha value is -2.20. The molecule has 108 valence electrons. The summed E-state index contributed by atoms with van der Waals surface area (Å²) in [4.78, 5) is 17.7. The fraction of sp³-hybridized carbons (Fsp3) is 0.294. The summed E-state index contributed by atoms with van der Waals surface area (Å²) in [5, 5.41) is 9.58. The second-order valence-electron chi connectivity index (χ2n) is 5.46. The summed E-state index contributed by atoms with van der Waals surface area (Å²) >= 11 is 0. The molecule has 0 spiro atoms. The van der Waals surface area contributed by atoms with E-state index in [1.54, 1.807) is 12.4 Å². The van der Waals surface area contributed by atoms with Crippen LogP contribution in [-0.2, 0) is 17.8 Å². The molecule has 1 aromatic heterocycles. The molecule has 2 heterocycles. The molecule has 1 aliphatic heterocycles. The van der Waals surface area contributed by atoms with Crippen LogP contribution in [0.5, 0.6) is 0 Å². The van der Waals surface area contributed by atoms with E-state index < -0.39 is 12.0 Å². The van der Waals surface area contributed by atoms with Gasteiger partial charge in [0.05, 0.1) is 0 Å². The van der Waals surface area contributed by atoms with Gasteiger partial charge < -0.3 is 5.11 Å². The number of hydrogen-bond acceptors (Lipinski definition) is 3. The van der Waals surface area contributed by atoms with Crippen molar-refractivity contribution in [2.45, 2.75) is 32.0 Å². The highest BCUT2D eigenvalue weighted by Gasteiger charge is 2.34. The van der Waals surface area contributed by atoms with Crippen LogP contribution in [0.3, 0.4) is 0 Å². The minimum atomic E-state index is -0.759. The second-order valence-corrected chi connectivity index (χ2v) is 5.46. The number of aliphatic carboxylic acids is 1. The second kappa shape index (κ2) is 5.66.